The van der Waals surface area contributed by atoms with Crippen molar-refractivity contribution in [2.24, 2.45) is 5.92 Å². The van der Waals surface area contributed by atoms with Gasteiger partial charge in [-0.05, 0) is 36.3 Å². The van der Waals surface area contributed by atoms with Gasteiger partial charge in [-0.15, -0.1) is 0 Å². The molecule has 0 saturated heterocycles. The maximum atomic E-state index is 11.4. The standard InChI is InChI=1S/C12H15NO2/c1-7-3-8(2)10-5-9(6-14)12(15)13-11(10)4-7/h5-8H,3-4H2,1-2H3,(H,13,15). The normalized spacial score (nSPS) is 24.7. The molecule has 1 aliphatic rings. The number of hydrogen-bond donors (Lipinski definition) is 1. The lowest BCUT2D eigenvalue weighted by atomic mass is 9.80. The second kappa shape index (κ2) is 3.65. The van der Waals surface area contributed by atoms with Crippen LogP contribution in [0.25, 0.3) is 0 Å². The molecule has 0 fully saturated rings. The van der Waals surface area contributed by atoms with Crippen molar-refractivity contribution in [2.45, 2.75) is 32.6 Å². The Morgan fingerprint density at radius 2 is 2.20 bits per heavy atom. The molecule has 0 saturated carbocycles. The summed E-state index contributed by atoms with van der Waals surface area (Å²) in [5.74, 6) is 1.03. The average Bonchev–Trinajstić information content (AvgIpc) is 2.16. The highest BCUT2D eigenvalue weighted by atomic mass is 16.1. The number of hydrogen-bond acceptors (Lipinski definition) is 2. The number of aromatic nitrogens is 1. The fourth-order valence-corrected chi connectivity index (χ4v) is 2.46. The molecule has 15 heavy (non-hydrogen) atoms. The Labute approximate surface area is 88.5 Å². The zero-order chi connectivity index (χ0) is 11.0. The van der Waals surface area contributed by atoms with Crippen LogP contribution in [0.4, 0.5) is 0 Å². The van der Waals surface area contributed by atoms with E-state index in [1.165, 1.54) is 0 Å². The maximum Gasteiger partial charge on any atom is 0.258 e. The zero-order valence-electron chi connectivity index (χ0n) is 9.04. The minimum absolute atomic E-state index is 0.246. The van der Waals surface area contributed by atoms with E-state index >= 15 is 0 Å². The molecular formula is C12H15NO2. The zero-order valence-corrected chi connectivity index (χ0v) is 9.04. The predicted molar refractivity (Wildman–Crippen MR) is 58.4 cm³/mol. The van der Waals surface area contributed by atoms with Crippen molar-refractivity contribution < 1.29 is 4.79 Å². The quantitative estimate of drug-likeness (QED) is 0.711. The molecule has 0 aromatic carbocycles. The van der Waals surface area contributed by atoms with Crippen LogP contribution in [0.5, 0.6) is 0 Å². The largest absolute Gasteiger partial charge is 0.325 e. The molecule has 2 rings (SSSR count). The summed E-state index contributed by atoms with van der Waals surface area (Å²) in [5, 5.41) is 0. The van der Waals surface area contributed by atoms with Gasteiger partial charge in [0.2, 0.25) is 0 Å². The van der Waals surface area contributed by atoms with Crippen LogP contribution in [0.2, 0.25) is 0 Å². The number of carbonyl (C=O) groups is 1. The SMILES string of the molecule is CC1Cc2[nH]c(=O)c(C=O)cc2C(C)C1. The Bertz CT molecular complexity index is 447. The van der Waals surface area contributed by atoms with Crippen LogP contribution in [0.1, 0.15) is 47.8 Å². The third-order valence-electron chi connectivity index (χ3n) is 3.15. The smallest absolute Gasteiger partial charge is 0.258 e. The first-order chi connectivity index (χ1) is 7.11. The van der Waals surface area contributed by atoms with Gasteiger partial charge in [-0.1, -0.05) is 13.8 Å². The Kier molecular flexibility index (Phi) is 2.47. The summed E-state index contributed by atoms with van der Waals surface area (Å²) < 4.78 is 0. The van der Waals surface area contributed by atoms with Gasteiger partial charge in [-0.25, -0.2) is 0 Å². The number of nitrogens with one attached hydrogen (secondary N) is 1. The molecule has 1 heterocycles. The summed E-state index contributed by atoms with van der Waals surface area (Å²) in [6.45, 7) is 4.33. The van der Waals surface area contributed by atoms with Gasteiger partial charge in [0.1, 0.15) is 0 Å². The van der Waals surface area contributed by atoms with E-state index in [0.29, 0.717) is 18.1 Å². The van der Waals surface area contributed by atoms with Gasteiger partial charge in [-0.3, -0.25) is 9.59 Å². The maximum absolute atomic E-state index is 11.4. The Hall–Kier alpha value is -1.38. The molecule has 3 nitrogen and oxygen atoms in total. The molecule has 0 bridgehead atoms. The van der Waals surface area contributed by atoms with E-state index < -0.39 is 0 Å². The monoisotopic (exact) mass is 205 g/mol. The molecule has 1 aliphatic carbocycles. The molecule has 1 aromatic heterocycles. The molecule has 1 N–H and O–H groups in total. The number of aromatic amines is 1. The van der Waals surface area contributed by atoms with Crippen molar-refractivity contribution in [3.8, 4) is 0 Å². The number of pyridine rings is 1. The molecule has 80 valence electrons. The molecule has 2 atom stereocenters. The number of carbonyl (C=O) groups excluding carboxylic acids is 1. The van der Waals surface area contributed by atoms with Crippen LogP contribution in [-0.4, -0.2) is 11.3 Å². The van der Waals surface area contributed by atoms with Crippen molar-refractivity contribution in [3.63, 3.8) is 0 Å². The van der Waals surface area contributed by atoms with Crippen LogP contribution in [0.3, 0.4) is 0 Å². The highest BCUT2D eigenvalue weighted by Gasteiger charge is 2.22. The lowest BCUT2D eigenvalue weighted by Crippen LogP contribution is -2.23. The molecule has 1 aromatic rings. The number of rotatable bonds is 1. The molecule has 0 spiro atoms. The second-order valence-corrected chi connectivity index (χ2v) is 4.55. The highest BCUT2D eigenvalue weighted by molar-refractivity contribution is 5.74. The Morgan fingerprint density at radius 3 is 2.87 bits per heavy atom. The first-order valence-electron chi connectivity index (χ1n) is 5.33. The summed E-state index contributed by atoms with van der Waals surface area (Å²) in [5.41, 5.74) is 2.13. The van der Waals surface area contributed by atoms with Gasteiger partial charge in [0.25, 0.3) is 5.56 Å². The highest BCUT2D eigenvalue weighted by Crippen LogP contribution is 2.32. The molecule has 0 radical (unpaired) electrons. The minimum atomic E-state index is -0.259. The van der Waals surface area contributed by atoms with Crippen molar-refractivity contribution in [1.29, 1.82) is 0 Å². The van der Waals surface area contributed by atoms with Crippen LogP contribution < -0.4 is 5.56 Å². The Balaban J connectivity index is 2.56. The summed E-state index contributed by atoms with van der Waals surface area (Å²) in [4.78, 5) is 24.9. The fraction of sp³-hybridized carbons (Fsp3) is 0.500. The van der Waals surface area contributed by atoms with Crippen LogP contribution in [0, 0.1) is 5.92 Å². The summed E-state index contributed by atoms with van der Waals surface area (Å²) in [6, 6.07) is 1.75. The molecule has 2 unspecified atom stereocenters. The number of aldehydes is 1. The number of H-pyrrole nitrogens is 1. The third-order valence-corrected chi connectivity index (χ3v) is 3.15. The van der Waals surface area contributed by atoms with Gasteiger partial charge in [0, 0.05) is 5.69 Å². The summed E-state index contributed by atoms with van der Waals surface area (Å²) >= 11 is 0. The van der Waals surface area contributed by atoms with E-state index in [1.807, 2.05) is 0 Å². The van der Waals surface area contributed by atoms with Gasteiger partial charge in [0.15, 0.2) is 6.29 Å². The van der Waals surface area contributed by atoms with Gasteiger partial charge in [0.05, 0.1) is 5.56 Å². The van der Waals surface area contributed by atoms with E-state index in [-0.39, 0.29) is 11.1 Å². The minimum Gasteiger partial charge on any atom is -0.325 e. The molecule has 3 heteroatoms. The van der Waals surface area contributed by atoms with Crippen LogP contribution >= 0.6 is 0 Å². The van der Waals surface area contributed by atoms with Gasteiger partial charge in [-0.2, -0.15) is 0 Å². The van der Waals surface area contributed by atoms with E-state index in [9.17, 15) is 9.59 Å². The molecule has 0 aliphatic heterocycles. The van der Waals surface area contributed by atoms with E-state index in [1.54, 1.807) is 6.07 Å². The summed E-state index contributed by atoms with van der Waals surface area (Å²) in [6.07, 6.45) is 2.66. The van der Waals surface area contributed by atoms with E-state index in [0.717, 1.165) is 24.1 Å². The van der Waals surface area contributed by atoms with Crippen molar-refractivity contribution in [3.05, 3.63) is 33.2 Å². The molecular weight excluding hydrogens is 190 g/mol. The van der Waals surface area contributed by atoms with E-state index in [2.05, 4.69) is 18.8 Å². The molecule has 0 amide bonds. The second-order valence-electron chi connectivity index (χ2n) is 4.55. The predicted octanol–water partition coefficient (Wildman–Crippen LogP) is 1.87. The van der Waals surface area contributed by atoms with Crippen molar-refractivity contribution >= 4 is 6.29 Å². The lowest BCUT2D eigenvalue weighted by molar-refractivity contribution is 0.112. The van der Waals surface area contributed by atoms with Crippen molar-refractivity contribution in [1.82, 2.24) is 4.98 Å². The van der Waals surface area contributed by atoms with Gasteiger partial charge >= 0.3 is 0 Å². The first kappa shape index (κ1) is 10.1. The average molecular weight is 205 g/mol. The van der Waals surface area contributed by atoms with E-state index in [4.69, 9.17) is 0 Å². The topological polar surface area (TPSA) is 49.9 Å². The first-order valence-corrected chi connectivity index (χ1v) is 5.33. The fourth-order valence-electron chi connectivity index (χ4n) is 2.46. The van der Waals surface area contributed by atoms with Crippen LogP contribution in [-0.2, 0) is 6.42 Å². The van der Waals surface area contributed by atoms with Gasteiger partial charge < -0.3 is 4.98 Å². The lowest BCUT2D eigenvalue weighted by Gasteiger charge is -2.26. The number of fused-ring (bicyclic) bond motifs is 1. The third kappa shape index (κ3) is 1.74. The Morgan fingerprint density at radius 1 is 1.47 bits per heavy atom. The van der Waals surface area contributed by atoms with Crippen molar-refractivity contribution in [2.75, 3.05) is 0 Å². The summed E-state index contributed by atoms with van der Waals surface area (Å²) in [7, 11) is 0. The van der Waals surface area contributed by atoms with Crippen LogP contribution in [0.15, 0.2) is 10.9 Å².